The molecular weight excluding hydrogens is 491 g/mol. The number of rotatable bonds is 3. The first-order valence-electron chi connectivity index (χ1n) is 11.2. The molecule has 0 aliphatic carbocycles. The van der Waals surface area contributed by atoms with Crippen LogP contribution in [0.5, 0.6) is 0 Å². The fourth-order valence-electron chi connectivity index (χ4n) is 4.29. The third kappa shape index (κ3) is 3.94. The molecule has 1 aliphatic rings. The normalized spacial score (nSPS) is 16.3. The molecule has 0 amide bonds. The molecule has 0 bridgehead atoms. The van der Waals surface area contributed by atoms with Crippen LogP contribution in [0.4, 0.5) is 13.2 Å². The van der Waals surface area contributed by atoms with E-state index in [-0.39, 0.29) is 28.2 Å². The number of pyridine rings is 3. The SMILES string of the molecule is Cc1ccc2c(n1)c(=O)c(-c1cc3cnc([C@@H]4CCOC4)cc3s1)nn2-c1ccc(C(F)(F)F)nc1. The van der Waals surface area contributed by atoms with Crippen molar-refractivity contribution in [3.8, 4) is 16.3 Å². The summed E-state index contributed by atoms with van der Waals surface area (Å²) in [4.78, 5) is 26.7. The molecule has 182 valence electrons. The Bertz CT molecular complexity index is 1670. The highest BCUT2D eigenvalue weighted by Crippen LogP contribution is 2.34. The van der Waals surface area contributed by atoms with Crippen LogP contribution in [0.25, 0.3) is 37.4 Å². The van der Waals surface area contributed by atoms with Crippen molar-refractivity contribution >= 4 is 32.5 Å². The van der Waals surface area contributed by atoms with Gasteiger partial charge < -0.3 is 4.74 Å². The number of alkyl halides is 3. The molecule has 5 aromatic heterocycles. The minimum Gasteiger partial charge on any atom is -0.381 e. The number of aromatic nitrogens is 5. The number of ether oxygens (including phenoxy) is 1. The van der Waals surface area contributed by atoms with Crippen molar-refractivity contribution in [3.63, 3.8) is 0 Å². The van der Waals surface area contributed by atoms with Gasteiger partial charge in [0.2, 0.25) is 5.43 Å². The second kappa shape index (κ2) is 8.45. The molecule has 0 N–H and O–H groups in total. The topological polar surface area (TPSA) is 82.8 Å². The quantitative estimate of drug-likeness (QED) is 0.329. The molecule has 0 spiro atoms. The van der Waals surface area contributed by atoms with Crippen LogP contribution >= 0.6 is 11.3 Å². The summed E-state index contributed by atoms with van der Waals surface area (Å²) in [7, 11) is 0. The predicted molar refractivity (Wildman–Crippen MR) is 129 cm³/mol. The molecule has 0 aromatic carbocycles. The van der Waals surface area contributed by atoms with Crippen molar-refractivity contribution in [2.45, 2.75) is 25.4 Å². The van der Waals surface area contributed by atoms with Gasteiger partial charge in [-0.25, -0.2) is 14.6 Å². The lowest BCUT2D eigenvalue weighted by atomic mass is 10.0. The zero-order valence-electron chi connectivity index (χ0n) is 18.9. The van der Waals surface area contributed by atoms with Crippen molar-refractivity contribution in [1.29, 1.82) is 0 Å². The molecule has 1 aliphatic heterocycles. The van der Waals surface area contributed by atoms with Crippen LogP contribution in [0.1, 0.15) is 29.4 Å². The van der Waals surface area contributed by atoms with Gasteiger partial charge in [-0.1, -0.05) is 0 Å². The van der Waals surface area contributed by atoms with Gasteiger partial charge in [0.15, 0.2) is 5.69 Å². The second-order valence-electron chi connectivity index (χ2n) is 8.63. The monoisotopic (exact) mass is 509 g/mol. The number of hydrogen-bond acceptors (Lipinski definition) is 7. The smallest absolute Gasteiger partial charge is 0.381 e. The first-order chi connectivity index (χ1) is 17.3. The Morgan fingerprint density at radius 3 is 2.69 bits per heavy atom. The van der Waals surface area contributed by atoms with E-state index in [2.05, 4.69) is 20.1 Å². The lowest BCUT2D eigenvalue weighted by Gasteiger charge is -2.12. The van der Waals surface area contributed by atoms with E-state index >= 15 is 0 Å². The first-order valence-corrected chi connectivity index (χ1v) is 12.0. The van der Waals surface area contributed by atoms with Gasteiger partial charge in [0, 0.05) is 40.2 Å². The van der Waals surface area contributed by atoms with Gasteiger partial charge in [0.25, 0.3) is 0 Å². The standard InChI is InChI=1S/C25H18F3N5O2S/c1-13-2-4-18-22(31-13)24(34)23(32-33(18)16-3-5-21(30-11-16)25(26,27)28)20-8-15-10-29-17(9-19(15)36-20)14-6-7-35-12-14/h2-5,8-11,14H,6-7,12H2,1H3/t14-/m1/s1. The summed E-state index contributed by atoms with van der Waals surface area (Å²) in [5.74, 6) is 0.246. The number of nitrogens with zero attached hydrogens (tertiary/aromatic N) is 5. The van der Waals surface area contributed by atoms with Crippen LogP contribution in [0.15, 0.2) is 53.6 Å². The molecule has 1 fully saturated rings. The van der Waals surface area contributed by atoms with E-state index in [1.54, 1.807) is 25.3 Å². The van der Waals surface area contributed by atoms with Gasteiger partial charge in [-0.15, -0.1) is 11.3 Å². The largest absolute Gasteiger partial charge is 0.433 e. The fourth-order valence-corrected chi connectivity index (χ4v) is 5.35. The van der Waals surface area contributed by atoms with Crippen molar-refractivity contribution in [2.24, 2.45) is 0 Å². The van der Waals surface area contributed by atoms with Crippen LogP contribution in [0, 0.1) is 6.92 Å². The number of thiophene rings is 1. The average molecular weight is 510 g/mol. The maximum Gasteiger partial charge on any atom is 0.433 e. The number of aryl methyl sites for hydroxylation is 1. The Morgan fingerprint density at radius 1 is 1.11 bits per heavy atom. The van der Waals surface area contributed by atoms with Gasteiger partial charge in [-0.2, -0.15) is 18.3 Å². The molecule has 1 atom stereocenters. The Balaban J connectivity index is 1.52. The van der Waals surface area contributed by atoms with Gasteiger partial charge in [0.05, 0.1) is 28.9 Å². The zero-order valence-corrected chi connectivity index (χ0v) is 19.7. The predicted octanol–water partition coefficient (Wildman–Crippen LogP) is 5.28. The van der Waals surface area contributed by atoms with Crippen LogP contribution in [-0.2, 0) is 10.9 Å². The lowest BCUT2D eigenvalue weighted by molar-refractivity contribution is -0.141. The van der Waals surface area contributed by atoms with E-state index in [9.17, 15) is 18.0 Å². The summed E-state index contributed by atoms with van der Waals surface area (Å²) >= 11 is 1.41. The molecule has 1 saturated heterocycles. The number of hydrogen-bond donors (Lipinski definition) is 0. The minimum atomic E-state index is -4.56. The zero-order chi connectivity index (χ0) is 25.0. The van der Waals surface area contributed by atoms with Gasteiger partial charge in [0.1, 0.15) is 11.2 Å². The molecule has 0 saturated carbocycles. The summed E-state index contributed by atoms with van der Waals surface area (Å²) in [5, 5.41) is 5.44. The minimum absolute atomic E-state index is 0.160. The summed E-state index contributed by atoms with van der Waals surface area (Å²) in [6, 6.07) is 9.44. The summed E-state index contributed by atoms with van der Waals surface area (Å²) in [6.07, 6.45) is -0.769. The van der Waals surface area contributed by atoms with E-state index in [1.807, 2.05) is 12.1 Å². The summed E-state index contributed by atoms with van der Waals surface area (Å²) in [5.41, 5.74) is 1.23. The molecule has 0 unspecified atom stereocenters. The molecule has 36 heavy (non-hydrogen) atoms. The highest BCUT2D eigenvalue weighted by atomic mass is 32.1. The van der Waals surface area contributed by atoms with Crippen molar-refractivity contribution in [3.05, 3.63) is 76.1 Å². The second-order valence-corrected chi connectivity index (χ2v) is 9.71. The van der Waals surface area contributed by atoms with E-state index in [0.717, 1.165) is 34.5 Å². The van der Waals surface area contributed by atoms with Crippen LogP contribution in [-0.4, -0.2) is 37.9 Å². The average Bonchev–Trinajstić information content (AvgIpc) is 3.54. The van der Waals surface area contributed by atoms with E-state index in [1.165, 1.54) is 22.1 Å². The number of fused-ring (bicyclic) bond motifs is 2. The van der Waals surface area contributed by atoms with E-state index < -0.39 is 11.9 Å². The highest BCUT2D eigenvalue weighted by molar-refractivity contribution is 7.22. The van der Waals surface area contributed by atoms with Crippen LogP contribution in [0.3, 0.4) is 0 Å². The lowest BCUT2D eigenvalue weighted by Crippen LogP contribution is -2.17. The Kier molecular flexibility index (Phi) is 5.34. The van der Waals surface area contributed by atoms with Crippen molar-refractivity contribution < 1.29 is 17.9 Å². The third-order valence-electron chi connectivity index (χ3n) is 6.16. The van der Waals surface area contributed by atoms with Gasteiger partial charge >= 0.3 is 6.18 Å². The van der Waals surface area contributed by atoms with E-state index in [4.69, 9.17) is 4.74 Å². The van der Waals surface area contributed by atoms with Crippen LogP contribution in [0.2, 0.25) is 0 Å². The molecule has 5 aromatic rings. The van der Waals surface area contributed by atoms with Gasteiger partial charge in [-0.05, 0) is 49.7 Å². The Morgan fingerprint density at radius 2 is 1.97 bits per heavy atom. The summed E-state index contributed by atoms with van der Waals surface area (Å²) < 4.78 is 47.0. The molecule has 7 nitrogen and oxygen atoms in total. The fraction of sp³-hybridized carbons (Fsp3) is 0.240. The Labute approximate surface area is 206 Å². The highest BCUT2D eigenvalue weighted by Gasteiger charge is 2.32. The first kappa shape index (κ1) is 22.7. The molecular formula is C25H18F3N5O2S. The van der Waals surface area contributed by atoms with Crippen molar-refractivity contribution in [2.75, 3.05) is 13.2 Å². The van der Waals surface area contributed by atoms with E-state index in [0.29, 0.717) is 29.3 Å². The molecule has 6 rings (SSSR count). The van der Waals surface area contributed by atoms with Gasteiger partial charge in [-0.3, -0.25) is 9.78 Å². The molecule has 11 heteroatoms. The molecule has 6 heterocycles. The maximum atomic E-state index is 13.5. The van der Waals surface area contributed by atoms with Crippen LogP contribution < -0.4 is 5.43 Å². The summed E-state index contributed by atoms with van der Waals surface area (Å²) in [6.45, 7) is 3.12. The maximum absolute atomic E-state index is 13.5. The third-order valence-corrected chi connectivity index (χ3v) is 7.26. The number of halogens is 3. The Hall–Kier alpha value is -3.70. The molecule has 0 radical (unpaired) electrons. The van der Waals surface area contributed by atoms with Crippen molar-refractivity contribution in [1.82, 2.24) is 24.7 Å².